The predicted octanol–water partition coefficient (Wildman–Crippen LogP) is 5.61. The third-order valence-corrected chi connectivity index (χ3v) is 4.65. The Balaban J connectivity index is 2.24. The number of halogens is 2. The first-order valence-corrected chi connectivity index (χ1v) is 8.24. The van der Waals surface area contributed by atoms with Crippen LogP contribution in [0.3, 0.4) is 0 Å². The van der Waals surface area contributed by atoms with Crippen molar-refractivity contribution in [1.82, 2.24) is 0 Å². The average molecular weight is 380 g/mol. The molecule has 0 bridgehead atoms. The summed E-state index contributed by atoms with van der Waals surface area (Å²) < 4.78 is 13.9. The largest absolute Gasteiger partial charge is 0.358 e. The number of Topliss-reactive ketones (excluding diaryl/α,β-unsaturated/α-hetero) is 1. The van der Waals surface area contributed by atoms with Gasteiger partial charge in [0.05, 0.1) is 4.91 Å². The molecule has 0 saturated carbocycles. The lowest BCUT2D eigenvalue weighted by Crippen LogP contribution is -2.04. The van der Waals surface area contributed by atoms with E-state index in [1.807, 2.05) is 31.2 Å². The van der Waals surface area contributed by atoms with Gasteiger partial charge in [-0.15, -0.1) is 0 Å². The molecule has 2 aromatic rings. The molecule has 0 fully saturated rings. The van der Waals surface area contributed by atoms with Gasteiger partial charge in [-0.3, -0.25) is 4.79 Å². The fourth-order valence-corrected chi connectivity index (χ4v) is 3.13. The Labute approximate surface area is 141 Å². The summed E-state index contributed by atoms with van der Waals surface area (Å²) in [6.07, 6.45) is 0. The van der Waals surface area contributed by atoms with Crippen LogP contribution in [0.2, 0.25) is 0 Å². The molecule has 5 heteroatoms. The van der Waals surface area contributed by atoms with Crippen LogP contribution in [0.25, 0.3) is 0 Å². The van der Waals surface area contributed by atoms with Crippen LogP contribution in [0.4, 0.5) is 10.1 Å². The lowest BCUT2D eigenvalue weighted by molar-refractivity contribution is -0.113. The van der Waals surface area contributed by atoms with Gasteiger partial charge in [-0.05, 0) is 56.3 Å². The zero-order chi connectivity index (χ0) is 16.1. The van der Waals surface area contributed by atoms with Crippen molar-refractivity contribution in [2.75, 3.05) is 5.32 Å². The number of benzene rings is 2. The van der Waals surface area contributed by atoms with E-state index >= 15 is 0 Å². The van der Waals surface area contributed by atoms with E-state index in [1.165, 1.54) is 30.8 Å². The number of hydrogen-bond acceptors (Lipinski definition) is 3. The van der Waals surface area contributed by atoms with E-state index in [4.69, 9.17) is 0 Å². The Hall–Kier alpha value is -1.59. The molecular weight excluding hydrogens is 365 g/mol. The van der Waals surface area contributed by atoms with Gasteiger partial charge in [0.2, 0.25) is 0 Å². The average Bonchev–Trinajstić information content (AvgIpc) is 2.46. The summed E-state index contributed by atoms with van der Waals surface area (Å²) in [6.45, 7) is 3.38. The van der Waals surface area contributed by atoms with Gasteiger partial charge in [0.25, 0.3) is 0 Å². The summed E-state index contributed by atoms with van der Waals surface area (Å²) in [5.41, 5.74) is 1.66. The third-order valence-electron chi connectivity index (χ3n) is 2.85. The number of rotatable bonds is 5. The molecule has 0 unspecified atom stereocenters. The molecule has 0 saturated heterocycles. The second kappa shape index (κ2) is 7.61. The maximum atomic E-state index is 13.0. The normalized spacial score (nSPS) is 11.8. The molecule has 0 aliphatic heterocycles. The molecule has 0 atom stereocenters. The summed E-state index contributed by atoms with van der Waals surface area (Å²) in [5, 5.41) is 3.23. The summed E-state index contributed by atoms with van der Waals surface area (Å²) in [5.74, 6) is -0.323. The van der Waals surface area contributed by atoms with Crippen LogP contribution in [0.1, 0.15) is 13.8 Å². The highest BCUT2D eigenvalue weighted by Gasteiger charge is 2.11. The first-order valence-electron chi connectivity index (χ1n) is 6.63. The second-order valence-corrected chi connectivity index (χ2v) is 6.70. The fraction of sp³-hybridized carbons (Fsp3) is 0.118. The number of hydrogen-bond donors (Lipinski definition) is 1. The number of ketones is 1. The highest BCUT2D eigenvalue weighted by molar-refractivity contribution is 9.10. The molecule has 0 spiro atoms. The number of carbonyl (C=O) groups excluding carboxylic acids is 1. The third kappa shape index (κ3) is 4.71. The van der Waals surface area contributed by atoms with Crippen molar-refractivity contribution in [3.63, 3.8) is 0 Å². The molecule has 2 aromatic carbocycles. The highest BCUT2D eigenvalue weighted by atomic mass is 79.9. The highest BCUT2D eigenvalue weighted by Crippen LogP contribution is 2.30. The fourth-order valence-electron chi connectivity index (χ4n) is 1.87. The smallest absolute Gasteiger partial charge is 0.168 e. The number of nitrogens with one attached hydrogen (secondary N) is 1. The van der Waals surface area contributed by atoms with Crippen molar-refractivity contribution in [2.45, 2.75) is 18.7 Å². The maximum Gasteiger partial charge on any atom is 0.168 e. The summed E-state index contributed by atoms with van der Waals surface area (Å²) >= 11 is 4.74. The standard InChI is InChI=1S/C17H15BrFNOS/c1-11(20-15-5-3-4-13(18)10-15)17(12(2)21)22-16-8-6-14(19)7-9-16/h3-10,20H,1-2H3/b17-11+. The van der Waals surface area contributed by atoms with Gasteiger partial charge in [0.15, 0.2) is 5.78 Å². The van der Waals surface area contributed by atoms with Crippen LogP contribution in [0.5, 0.6) is 0 Å². The minimum absolute atomic E-state index is 0.0330. The van der Waals surface area contributed by atoms with Gasteiger partial charge in [-0.1, -0.05) is 33.8 Å². The number of thioether (sulfide) groups is 1. The Morgan fingerprint density at radius 1 is 1.14 bits per heavy atom. The monoisotopic (exact) mass is 379 g/mol. The van der Waals surface area contributed by atoms with Crippen molar-refractivity contribution in [3.8, 4) is 0 Å². The van der Waals surface area contributed by atoms with Gasteiger partial charge < -0.3 is 5.32 Å². The van der Waals surface area contributed by atoms with E-state index < -0.39 is 0 Å². The van der Waals surface area contributed by atoms with E-state index in [-0.39, 0.29) is 11.6 Å². The van der Waals surface area contributed by atoms with E-state index in [1.54, 1.807) is 12.1 Å². The molecule has 0 aliphatic rings. The molecule has 22 heavy (non-hydrogen) atoms. The number of anilines is 1. The van der Waals surface area contributed by atoms with Crippen LogP contribution in [0, 0.1) is 5.82 Å². The summed E-state index contributed by atoms with van der Waals surface area (Å²) in [4.78, 5) is 13.3. The minimum atomic E-state index is -0.290. The zero-order valence-electron chi connectivity index (χ0n) is 12.2. The van der Waals surface area contributed by atoms with E-state index in [0.29, 0.717) is 4.91 Å². The number of carbonyl (C=O) groups is 1. The van der Waals surface area contributed by atoms with E-state index in [0.717, 1.165) is 20.8 Å². The molecule has 1 N–H and O–H groups in total. The van der Waals surface area contributed by atoms with Crippen molar-refractivity contribution in [1.29, 1.82) is 0 Å². The first kappa shape index (κ1) is 16.8. The van der Waals surface area contributed by atoms with Crippen LogP contribution in [-0.2, 0) is 4.79 Å². The topological polar surface area (TPSA) is 29.1 Å². The molecule has 2 nitrogen and oxygen atoms in total. The lowest BCUT2D eigenvalue weighted by atomic mass is 10.3. The van der Waals surface area contributed by atoms with Gasteiger partial charge in [0.1, 0.15) is 5.82 Å². The zero-order valence-corrected chi connectivity index (χ0v) is 14.6. The Kier molecular flexibility index (Phi) is 5.80. The van der Waals surface area contributed by atoms with Crippen molar-refractivity contribution in [2.24, 2.45) is 0 Å². The molecular formula is C17H15BrFNOS. The molecule has 0 radical (unpaired) electrons. The molecule has 0 aromatic heterocycles. The van der Waals surface area contributed by atoms with Gasteiger partial charge in [0, 0.05) is 20.8 Å². The van der Waals surface area contributed by atoms with Crippen LogP contribution < -0.4 is 5.32 Å². The minimum Gasteiger partial charge on any atom is -0.358 e. The van der Waals surface area contributed by atoms with E-state index in [2.05, 4.69) is 21.2 Å². The second-order valence-electron chi connectivity index (χ2n) is 4.70. The van der Waals surface area contributed by atoms with Crippen LogP contribution in [-0.4, -0.2) is 5.78 Å². The molecule has 0 amide bonds. The molecule has 0 aliphatic carbocycles. The van der Waals surface area contributed by atoms with Gasteiger partial charge in [-0.2, -0.15) is 0 Å². The van der Waals surface area contributed by atoms with Gasteiger partial charge in [-0.25, -0.2) is 4.39 Å². The molecule has 2 rings (SSSR count). The quantitative estimate of drug-likeness (QED) is 0.540. The Morgan fingerprint density at radius 3 is 2.41 bits per heavy atom. The van der Waals surface area contributed by atoms with Gasteiger partial charge >= 0.3 is 0 Å². The SMILES string of the molecule is CC(=O)/C(Sc1ccc(F)cc1)=C(/C)Nc1cccc(Br)c1. The Morgan fingerprint density at radius 2 is 1.82 bits per heavy atom. The summed E-state index contributed by atoms with van der Waals surface area (Å²) in [6, 6.07) is 13.8. The molecule has 114 valence electrons. The number of allylic oxidation sites excluding steroid dienone is 2. The van der Waals surface area contributed by atoms with Crippen LogP contribution in [0.15, 0.2) is 68.5 Å². The predicted molar refractivity (Wildman–Crippen MR) is 93.4 cm³/mol. The Bertz CT molecular complexity index is 713. The molecule has 0 heterocycles. The van der Waals surface area contributed by atoms with E-state index in [9.17, 15) is 9.18 Å². The maximum absolute atomic E-state index is 13.0. The van der Waals surface area contributed by atoms with Crippen LogP contribution >= 0.6 is 27.7 Å². The van der Waals surface area contributed by atoms with Crippen molar-refractivity contribution < 1.29 is 9.18 Å². The summed E-state index contributed by atoms with van der Waals surface area (Å²) in [7, 11) is 0. The lowest BCUT2D eigenvalue weighted by Gasteiger charge is -2.12. The van der Waals surface area contributed by atoms with Crippen molar-refractivity contribution >= 4 is 39.2 Å². The first-order chi connectivity index (χ1) is 10.5. The van der Waals surface area contributed by atoms with Crippen molar-refractivity contribution in [3.05, 3.63) is 69.4 Å².